The second-order valence-corrected chi connectivity index (χ2v) is 8.45. The summed E-state index contributed by atoms with van der Waals surface area (Å²) in [7, 11) is 0. The lowest BCUT2D eigenvalue weighted by atomic mass is 10.2. The van der Waals surface area contributed by atoms with E-state index in [2.05, 4.69) is 10.6 Å². The van der Waals surface area contributed by atoms with Crippen molar-refractivity contribution in [1.82, 2.24) is 5.32 Å². The number of carbonyl (C=O) groups excluding carboxylic acids is 2. The molecule has 0 heterocycles. The molecule has 3 amide bonds. The van der Waals surface area contributed by atoms with Gasteiger partial charge in [-0.25, -0.2) is 4.79 Å². The van der Waals surface area contributed by atoms with E-state index in [0.717, 1.165) is 4.90 Å². The van der Waals surface area contributed by atoms with Gasteiger partial charge in [-0.15, -0.1) is 0 Å². The van der Waals surface area contributed by atoms with Gasteiger partial charge < -0.3 is 5.32 Å². The summed E-state index contributed by atoms with van der Waals surface area (Å²) in [5, 5.41) is 6.31. The zero-order valence-corrected chi connectivity index (χ0v) is 18.4. The van der Waals surface area contributed by atoms with Gasteiger partial charge in [-0.3, -0.25) is 10.1 Å². The second kappa shape index (κ2) is 9.74. The third kappa shape index (κ3) is 5.81. The van der Waals surface area contributed by atoms with Crippen LogP contribution in [0.4, 0.5) is 10.5 Å². The number of nitrogens with one attached hydrogen (secondary N) is 2. The molecule has 0 saturated carbocycles. The number of amides is 3. The molecule has 0 bridgehead atoms. The van der Waals surface area contributed by atoms with Crippen LogP contribution in [-0.4, -0.2) is 11.9 Å². The number of imide groups is 1. The maximum atomic E-state index is 12.2. The predicted molar refractivity (Wildman–Crippen MR) is 120 cm³/mol. The molecular weight excluding hydrogens is 474 g/mol. The highest BCUT2D eigenvalue weighted by atomic mass is 35.5. The third-order valence-electron chi connectivity index (χ3n) is 3.64. The zero-order chi connectivity index (χ0) is 21.0. The fourth-order valence-corrected chi connectivity index (χ4v) is 4.21. The first kappa shape index (κ1) is 21.8. The average molecular weight is 486 g/mol. The Labute approximate surface area is 191 Å². The quantitative estimate of drug-likeness (QED) is 0.404. The number of rotatable bonds is 4. The van der Waals surface area contributed by atoms with Crippen molar-refractivity contribution in [3.8, 4) is 0 Å². The lowest BCUT2D eigenvalue weighted by molar-refractivity contribution is 0.0967. The van der Waals surface area contributed by atoms with Crippen molar-refractivity contribution in [2.75, 3.05) is 5.32 Å². The van der Waals surface area contributed by atoms with Gasteiger partial charge in [0, 0.05) is 20.5 Å². The Morgan fingerprint density at radius 2 is 1.41 bits per heavy atom. The van der Waals surface area contributed by atoms with Crippen molar-refractivity contribution in [2.24, 2.45) is 0 Å². The van der Waals surface area contributed by atoms with Crippen LogP contribution in [0.5, 0.6) is 0 Å². The van der Waals surface area contributed by atoms with E-state index >= 15 is 0 Å². The lowest BCUT2D eigenvalue weighted by Gasteiger charge is -2.12. The Balaban J connectivity index is 1.70. The number of halogens is 4. The Morgan fingerprint density at radius 3 is 2.03 bits per heavy atom. The van der Waals surface area contributed by atoms with Crippen molar-refractivity contribution >= 4 is 75.8 Å². The molecule has 0 aliphatic heterocycles. The van der Waals surface area contributed by atoms with E-state index in [1.54, 1.807) is 42.5 Å². The summed E-state index contributed by atoms with van der Waals surface area (Å²) in [6.07, 6.45) is 0. The minimum absolute atomic E-state index is 0.190. The van der Waals surface area contributed by atoms with Gasteiger partial charge in [0.15, 0.2) is 0 Å². The predicted octanol–water partition coefficient (Wildman–Crippen LogP) is 7.41. The van der Waals surface area contributed by atoms with Gasteiger partial charge in [0.2, 0.25) is 0 Å². The van der Waals surface area contributed by atoms with E-state index in [4.69, 9.17) is 46.4 Å². The third-order valence-corrected chi connectivity index (χ3v) is 6.19. The number of hydrogen-bond acceptors (Lipinski definition) is 3. The van der Waals surface area contributed by atoms with Crippen molar-refractivity contribution in [2.45, 2.75) is 9.79 Å². The Hall–Kier alpha value is -1.89. The van der Waals surface area contributed by atoms with Gasteiger partial charge >= 0.3 is 6.03 Å². The van der Waals surface area contributed by atoms with Gasteiger partial charge in [0.25, 0.3) is 5.91 Å². The van der Waals surface area contributed by atoms with Crippen LogP contribution in [0.25, 0.3) is 0 Å². The topological polar surface area (TPSA) is 58.2 Å². The number of benzene rings is 3. The van der Waals surface area contributed by atoms with Crippen LogP contribution in [-0.2, 0) is 0 Å². The summed E-state index contributed by atoms with van der Waals surface area (Å²) in [5.41, 5.74) is 0.528. The molecular formula is C20H12Cl4N2O2S. The smallest absolute Gasteiger partial charge is 0.308 e. The average Bonchev–Trinajstić information content (AvgIpc) is 2.66. The monoisotopic (exact) mass is 484 g/mol. The van der Waals surface area contributed by atoms with Crippen LogP contribution in [0, 0.1) is 0 Å². The number of anilines is 1. The van der Waals surface area contributed by atoms with E-state index < -0.39 is 11.9 Å². The van der Waals surface area contributed by atoms with E-state index in [9.17, 15) is 9.59 Å². The van der Waals surface area contributed by atoms with E-state index in [-0.39, 0.29) is 10.6 Å². The molecule has 0 fully saturated rings. The highest BCUT2D eigenvalue weighted by molar-refractivity contribution is 7.99. The summed E-state index contributed by atoms with van der Waals surface area (Å²) in [5.74, 6) is -0.625. The minimum atomic E-state index is -0.736. The van der Waals surface area contributed by atoms with E-state index in [1.807, 2.05) is 12.1 Å². The fraction of sp³-hybridized carbons (Fsp3) is 0. The first-order valence-corrected chi connectivity index (χ1v) is 10.5. The SMILES string of the molecule is O=C(NC(=O)c1ccccc1Cl)Nc1cc(Cl)c(Sc2ccc(Cl)cc2)c(Cl)c1. The molecule has 0 unspecified atom stereocenters. The Bertz CT molecular complexity index is 1050. The van der Waals surface area contributed by atoms with Crippen LogP contribution >= 0.6 is 58.2 Å². The number of hydrogen-bond donors (Lipinski definition) is 2. The van der Waals surface area contributed by atoms with Crippen LogP contribution in [0.1, 0.15) is 10.4 Å². The number of urea groups is 1. The van der Waals surface area contributed by atoms with Crippen molar-refractivity contribution in [3.05, 3.63) is 86.3 Å². The molecule has 0 aliphatic rings. The van der Waals surface area contributed by atoms with Crippen LogP contribution in [0.3, 0.4) is 0 Å². The molecule has 3 aromatic rings. The molecule has 0 aliphatic carbocycles. The summed E-state index contributed by atoms with van der Waals surface area (Å²) >= 11 is 25.9. The maximum Gasteiger partial charge on any atom is 0.326 e. The first-order chi connectivity index (χ1) is 13.8. The molecule has 3 rings (SSSR count). The lowest BCUT2D eigenvalue weighted by Crippen LogP contribution is -2.34. The largest absolute Gasteiger partial charge is 0.326 e. The highest BCUT2D eigenvalue weighted by Gasteiger charge is 2.15. The molecule has 0 saturated heterocycles. The van der Waals surface area contributed by atoms with Gasteiger partial charge in [0.1, 0.15) is 0 Å². The van der Waals surface area contributed by atoms with E-state index in [1.165, 1.54) is 17.8 Å². The molecule has 0 radical (unpaired) electrons. The van der Waals surface area contributed by atoms with Crippen LogP contribution in [0.15, 0.2) is 70.5 Å². The Morgan fingerprint density at radius 1 is 0.793 bits per heavy atom. The summed E-state index contributed by atoms with van der Waals surface area (Å²) < 4.78 is 0. The zero-order valence-electron chi connectivity index (χ0n) is 14.5. The molecule has 9 heteroatoms. The normalized spacial score (nSPS) is 10.5. The molecule has 4 nitrogen and oxygen atoms in total. The van der Waals surface area contributed by atoms with Crippen LogP contribution < -0.4 is 10.6 Å². The van der Waals surface area contributed by atoms with Crippen molar-refractivity contribution in [3.63, 3.8) is 0 Å². The van der Waals surface area contributed by atoms with Gasteiger partial charge in [0.05, 0.1) is 20.6 Å². The number of carbonyl (C=O) groups is 2. The Kier molecular flexibility index (Phi) is 7.33. The van der Waals surface area contributed by atoms with Crippen molar-refractivity contribution in [1.29, 1.82) is 0 Å². The molecule has 148 valence electrons. The van der Waals surface area contributed by atoms with Crippen molar-refractivity contribution < 1.29 is 9.59 Å². The molecule has 0 atom stereocenters. The first-order valence-electron chi connectivity index (χ1n) is 8.13. The van der Waals surface area contributed by atoms with Gasteiger partial charge in [-0.2, -0.15) is 0 Å². The molecule has 0 spiro atoms. The minimum Gasteiger partial charge on any atom is -0.308 e. The second-order valence-electron chi connectivity index (χ2n) is 5.71. The van der Waals surface area contributed by atoms with Gasteiger partial charge in [-0.1, -0.05) is 70.3 Å². The molecule has 3 aromatic carbocycles. The van der Waals surface area contributed by atoms with E-state index in [0.29, 0.717) is 25.7 Å². The standard InChI is InChI=1S/C20H12Cl4N2O2S/c21-11-5-7-13(8-6-11)29-18-16(23)9-12(10-17(18)24)25-20(28)26-19(27)14-3-1-2-4-15(14)22/h1-10H,(H2,25,26,27,28). The highest BCUT2D eigenvalue weighted by Crippen LogP contribution is 2.40. The molecule has 0 aromatic heterocycles. The maximum absolute atomic E-state index is 12.2. The summed E-state index contributed by atoms with van der Waals surface area (Å²) in [6.45, 7) is 0. The van der Waals surface area contributed by atoms with Gasteiger partial charge in [-0.05, 0) is 48.5 Å². The summed E-state index contributed by atoms with van der Waals surface area (Å²) in [6, 6.07) is 16.0. The molecule has 29 heavy (non-hydrogen) atoms. The fourth-order valence-electron chi connectivity index (χ4n) is 2.33. The summed E-state index contributed by atoms with van der Waals surface area (Å²) in [4.78, 5) is 25.8. The molecule has 2 N–H and O–H groups in total. The van der Waals surface area contributed by atoms with Crippen LogP contribution in [0.2, 0.25) is 20.1 Å².